The summed E-state index contributed by atoms with van der Waals surface area (Å²) in [5.74, 6) is 0.466. The summed E-state index contributed by atoms with van der Waals surface area (Å²) < 4.78 is 32.5. The second-order valence-electron chi connectivity index (χ2n) is 4.70. The smallest absolute Gasteiger partial charge is 0.247 e. The lowest BCUT2D eigenvalue weighted by Gasteiger charge is -2.26. The monoisotopic (exact) mass is 350 g/mol. The van der Waals surface area contributed by atoms with Crippen molar-refractivity contribution in [1.29, 1.82) is 0 Å². The maximum absolute atomic E-state index is 12.7. The first-order valence-electron chi connectivity index (χ1n) is 6.50. The zero-order valence-electron chi connectivity index (χ0n) is 10.9. The van der Waals surface area contributed by atoms with E-state index in [1.807, 2.05) is 6.92 Å². The normalized spacial score (nSPS) is 17.5. The largest absolute Gasteiger partial charge is 0.452 e. The van der Waals surface area contributed by atoms with Crippen LogP contribution >= 0.6 is 15.9 Å². The maximum Gasteiger partial charge on any atom is 0.247 e. The fourth-order valence-corrected chi connectivity index (χ4v) is 5.27. The van der Waals surface area contributed by atoms with E-state index in [0.717, 1.165) is 25.7 Å². The molecule has 1 aromatic heterocycles. The van der Waals surface area contributed by atoms with Crippen molar-refractivity contribution in [3.05, 3.63) is 16.5 Å². The van der Waals surface area contributed by atoms with Gasteiger partial charge in [-0.25, -0.2) is 8.42 Å². The van der Waals surface area contributed by atoms with E-state index in [4.69, 9.17) is 10.2 Å². The Balaban J connectivity index is 2.36. The third kappa shape index (κ3) is 2.89. The second-order valence-corrected chi connectivity index (χ2v) is 7.28. The number of nitrogens with two attached hydrogens (primary N) is 1. The van der Waals surface area contributed by atoms with Crippen LogP contribution in [0, 0.1) is 0 Å². The number of hydrogen-bond donors (Lipinski definition) is 1. The van der Waals surface area contributed by atoms with Crippen LogP contribution in [0.2, 0.25) is 0 Å². The topological polar surface area (TPSA) is 76.5 Å². The predicted octanol–water partition coefficient (Wildman–Crippen LogP) is 2.45. The van der Waals surface area contributed by atoms with Gasteiger partial charge in [0.1, 0.15) is 10.7 Å². The molecule has 1 fully saturated rings. The molecule has 0 atom stereocenters. The third-order valence-electron chi connectivity index (χ3n) is 3.54. The Bertz CT molecular complexity index is 535. The van der Waals surface area contributed by atoms with Gasteiger partial charge in [-0.3, -0.25) is 0 Å². The van der Waals surface area contributed by atoms with Gasteiger partial charge < -0.3 is 10.2 Å². The SMILES string of the molecule is CCN(C1CCCC1)S(=O)(=O)c1cc(CN)oc1Br. The van der Waals surface area contributed by atoms with Crippen LogP contribution in [-0.2, 0) is 16.6 Å². The van der Waals surface area contributed by atoms with Crippen LogP contribution in [0.3, 0.4) is 0 Å². The highest BCUT2D eigenvalue weighted by Crippen LogP contribution is 2.33. The van der Waals surface area contributed by atoms with Crippen LogP contribution in [0.15, 0.2) is 20.0 Å². The van der Waals surface area contributed by atoms with Crippen molar-refractivity contribution < 1.29 is 12.8 Å². The molecule has 1 heterocycles. The fraction of sp³-hybridized carbons (Fsp3) is 0.667. The van der Waals surface area contributed by atoms with Crippen LogP contribution in [0.1, 0.15) is 38.4 Å². The Labute approximate surface area is 122 Å². The number of rotatable bonds is 5. The predicted molar refractivity (Wildman–Crippen MR) is 76.1 cm³/mol. The van der Waals surface area contributed by atoms with Crippen LogP contribution < -0.4 is 5.73 Å². The van der Waals surface area contributed by atoms with Crippen LogP contribution in [0.4, 0.5) is 0 Å². The molecule has 1 aliphatic carbocycles. The highest BCUT2D eigenvalue weighted by Gasteiger charge is 2.34. The van der Waals surface area contributed by atoms with E-state index in [-0.39, 0.29) is 22.2 Å². The molecule has 0 aliphatic heterocycles. The van der Waals surface area contributed by atoms with Crippen LogP contribution in [-0.4, -0.2) is 25.3 Å². The molecule has 1 saturated carbocycles. The highest BCUT2D eigenvalue weighted by molar-refractivity contribution is 9.10. The molecule has 2 N–H and O–H groups in total. The van der Waals surface area contributed by atoms with E-state index >= 15 is 0 Å². The standard InChI is InChI=1S/C12H19BrN2O3S/c1-2-15(9-5-3-4-6-9)19(16,17)11-7-10(8-14)18-12(11)13/h7,9H,2-6,8,14H2,1H3. The van der Waals surface area contributed by atoms with Crippen LogP contribution in [0.5, 0.6) is 0 Å². The number of hydrogen-bond acceptors (Lipinski definition) is 4. The molecule has 5 nitrogen and oxygen atoms in total. The van der Waals surface area contributed by atoms with E-state index in [2.05, 4.69) is 15.9 Å². The van der Waals surface area contributed by atoms with E-state index < -0.39 is 10.0 Å². The Kier molecular flexibility index (Phi) is 4.70. The van der Waals surface area contributed by atoms with Gasteiger partial charge in [-0.15, -0.1) is 0 Å². The van der Waals surface area contributed by atoms with Crippen molar-refractivity contribution in [3.63, 3.8) is 0 Å². The Morgan fingerprint density at radius 2 is 2.11 bits per heavy atom. The lowest BCUT2D eigenvalue weighted by Crippen LogP contribution is -2.38. The molecular formula is C12H19BrN2O3S. The highest BCUT2D eigenvalue weighted by atomic mass is 79.9. The zero-order valence-corrected chi connectivity index (χ0v) is 13.3. The molecule has 1 aliphatic rings. The summed E-state index contributed by atoms with van der Waals surface area (Å²) in [6.45, 7) is 2.53. The summed E-state index contributed by atoms with van der Waals surface area (Å²) >= 11 is 3.17. The molecule has 0 spiro atoms. The molecule has 0 amide bonds. The fourth-order valence-electron chi connectivity index (χ4n) is 2.62. The number of furan rings is 1. The molecule has 2 rings (SSSR count). The molecule has 108 valence electrons. The first kappa shape index (κ1) is 15.0. The minimum Gasteiger partial charge on any atom is -0.452 e. The molecule has 7 heteroatoms. The second kappa shape index (κ2) is 5.95. The van der Waals surface area contributed by atoms with Crippen molar-refractivity contribution in [2.45, 2.75) is 50.1 Å². The van der Waals surface area contributed by atoms with Gasteiger partial charge in [0.2, 0.25) is 10.0 Å². The van der Waals surface area contributed by atoms with Gasteiger partial charge in [0.15, 0.2) is 4.67 Å². The van der Waals surface area contributed by atoms with Crippen molar-refractivity contribution in [3.8, 4) is 0 Å². The summed E-state index contributed by atoms with van der Waals surface area (Å²) in [6.07, 6.45) is 4.06. The molecule has 19 heavy (non-hydrogen) atoms. The molecule has 0 radical (unpaired) electrons. The van der Waals surface area contributed by atoms with Gasteiger partial charge in [-0.2, -0.15) is 4.31 Å². The molecule has 0 aromatic carbocycles. The van der Waals surface area contributed by atoms with Crippen molar-refractivity contribution >= 4 is 26.0 Å². The summed E-state index contributed by atoms with van der Waals surface area (Å²) in [6, 6.07) is 1.62. The van der Waals surface area contributed by atoms with Crippen molar-refractivity contribution in [1.82, 2.24) is 4.31 Å². The van der Waals surface area contributed by atoms with E-state index in [1.54, 1.807) is 4.31 Å². The summed E-state index contributed by atoms with van der Waals surface area (Å²) in [5, 5.41) is 0. The third-order valence-corrected chi connectivity index (χ3v) is 6.42. The van der Waals surface area contributed by atoms with Gasteiger partial charge in [0, 0.05) is 18.7 Å². The minimum absolute atomic E-state index is 0.109. The van der Waals surface area contributed by atoms with Crippen molar-refractivity contribution in [2.75, 3.05) is 6.54 Å². The lowest BCUT2D eigenvalue weighted by molar-refractivity contribution is 0.334. The van der Waals surface area contributed by atoms with E-state index in [9.17, 15) is 8.42 Å². The Morgan fingerprint density at radius 3 is 2.58 bits per heavy atom. The van der Waals surface area contributed by atoms with Crippen LogP contribution in [0.25, 0.3) is 0 Å². The molecule has 1 aromatic rings. The quantitative estimate of drug-likeness (QED) is 0.884. The maximum atomic E-state index is 12.7. The van der Waals surface area contributed by atoms with Crippen molar-refractivity contribution in [2.24, 2.45) is 5.73 Å². The van der Waals surface area contributed by atoms with E-state index in [1.165, 1.54) is 6.07 Å². The van der Waals surface area contributed by atoms with E-state index in [0.29, 0.717) is 12.3 Å². The molecular weight excluding hydrogens is 332 g/mol. The lowest BCUT2D eigenvalue weighted by atomic mass is 10.2. The first-order chi connectivity index (χ1) is 9.00. The number of nitrogens with zero attached hydrogens (tertiary/aromatic N) is 1. The van der Waals surface area contributed by atoms with Gasteiger partial charge >= 0.3 is 0 Å². The Hall–Kier alpha value is -0.370. The van der Waals surface area contributed by atoms with Gasteiger partial charge in [-0.1, -0.05) is 19.8 Å². The van der Waals surface area contributed by atoms with Gasteiger partial charge in [-0.05, 0) is 28.8 Å². The van der Waals surface area contributed by atoms with Gasteiger partial charge in [0.25, 0.3) is 0 Å². The number of halogens is 1. The Morgan fingerprint density at radius 1 is 1.47 bits per heavy atom. The first-order valence-corrected chi connectivity index (χ1v) is 8.74. The molecule has 0 bridgehead atoms. The minimum atomic E-state index is -3.52. The molecule has 0 unspecified atom stereocenters. The summed E-state index contributed by atoms with van der Waals surface area (Å²) in [7, 11) is -3.52. The average Bonchev–Trinajstić information content (AvgIpc) is 2.99. The average molecular weight is 351 g/mol. The summed E-state index contributed by atoms with van der Waals surface area (Å²) in [4.78, 5) is 0.182. The van der Waals surface area contributed by atoms with Gasteiger partial charge in [0.05, 0.1) is 6.54 Å². The number of sulfonamides is 1. The molecule has 0 saturated heterocycles. The zero-order chi connectivity index (χ0) is 14.0. The summed E-state index contributed by atoms with van der Waals surface area (Å²) in [5.41, 5.74) is 5.48.